The predicted octanol–water partition coefficient (Wildman–Crippen LogP) is 6.29. The van der Waals surface area contributed by atoms with Crippen LogP contribution in [0, 0.1) is 0 Å². The SMILES string of the molecule is CCCCCCCCCCCc1ccc(CN2CCC[C@@H]2COC(C)=O)cc1. The first-order chi connectivity index (χ1) is 13.7. The highest BCUT2D eigenvalue weighted by Gasteiger charge is 2.25. The smallest absolute Gasteiger partial charge is 0.302 e. The van der Waals surface area contributed by atoms with E-state index in [1.54, 1.807) is 0 Å². The third-order valence-corrected chi connectivity index (χ3v) is 5.96. The Hall–Kier alpha value is -1.35. The monoisotopic (exact) mass is 387 g/mol. The molecule has 1 heterocycles. The molecule has 1 fully saturated rings. The Morgan fingerprint density at radius 2 is 1.57 bits per heavy atom. The molecule has 0 amide bonds. The molecule has 1 saturated heterocycles. The second-order valence-corrected chi connectivity index (χ2v) is 8.46. The molecule has 0 bridgehead atoms. The van der Waals surface area contributed by atoms with Crippen LogP contribution in [-0.2, 0) is 22.5 Å². The molecule has 1 aliphatic rings. The van der Waals surface area contributed by atoms with E-state index in [0.29, 0.717) is 12.6 Å². The van der Waals surface area contributed by atoms with Gasteiger partial charge in [0.1, 0.15) is 6.61 Å². The van der Waals surface area contributed by atoms with Gasteiger partial charge in [0, 0.05) is 19.5 Å². The minimum absolute atomic E-state index is 0.173. The van der Waals surface area contributed by atoms with Crippen LogP contribution in [0.1, 0.15) is 95.6 Å². The predicted molar refractivity (Wildman–Crippen MR) is 117 cm³/mol. The fraction of sp³-hybridized carbons (Fsp3) is 0.720. The highest BCUT2D eigenvalue weighted by molar-refractivity contribution is 5.65. The number of ether oxygens (including phenoxy) is 1. The van der Waals surface area contributed by atoms with Crippen LogP contribution in [0.5, 0.6) is 0 Å². The summed E-state index contributed by atoms with van der Waals surface area (Å²) >= 11 is 0. The number of hydrogen-bond donors (Lipinski definition) is 0. The number of esters is 1. The summed E-state index contributed by atoms with van der Waals surface area (Å²) in [4.78, 5) is 13.5. The van der Waals surface area contributed by atoms with Crippen LogP contribution in [0.4, 0.5) is 0 Å². The lowest BCUT2D eigenvalue weighted by Gasteiger charge is -2.24. The van der Waals surface area contributed by atoms with Gasteiger partial charge in [-0.1, -0.05) is 82.6 Å². The van der Waals surface area contributed by atoms with Crippen LogP contribution in [0.2, 0.25) is 0 Å². The van der Waals surface area contributed by atoms with Crippen molar-refractivity contribution in [3.63, 3.8) is 0 Å². The molecule has 2 rings (SSSR count). The average molecular weight is 388 g/mol. The second-order valence-electron chi connectivity index (χ2n) is 8.46. The third kappa shape index (κ3) is 9.23. The Kier molecular flexibility index (Phi) is 11.3. The van der Waals surface area contributed by atoms with Gasteiger partial charge in [-0.15, -0.1) is 0 Å². The maximum absolute atomic E-state index is 11.1. The molecule has 158 valence electrons. The number of carbonyl (C=O) groups excluding carboxylic acids is 1. The number of hydrogen-bond acceptors (Lipinski definition) is 3. The number of unbranched alkanes of at least 4 members (excludes halogenated alkanes) is 8. The molecule has 1 aromatic carbocycles. The Morgan fingerprint density at radius 1 is 0.964 bits per heavy atom. The molecule has 1 atom stereocenters. The molecule has 0 aliphatic carbocycles. The van der Waals surface area contributed by atoms with Gasteiger partial charge in [0.2, 0.25) is 0 Å². The lowest BCUT2D eigenvalue weighted by atomic mass is 10.0. The number of benzene rings is 1. The minimum Gasteiger partial charge on any atom is -0.464 e. The zero-order valence-electron chi connectivity index (χ0n) is 18.3. The zero-order chi connectivity index (χ0) is 20.0. The average Bonchev–Trinajstić information content (AvgIpc) is 3.13. The van der Waals surface area contributed by atoms with Crippen molar-refractivity contribution in [3.8, 4) is 0 Å². The molecule has 3 nitrogen and oxygen atoms in total. The number of likely N-dealkylation sites (tertiary alicyclic amines) is 1. The van der Waals surface area contributed by atoms with E-state index >= 15 is 0 Å². The van der Waals surface area contributed by atoms with Crippen LogP contribution < -0.4 is 0 Å². The summed E-state index contributed by atoms with van der Waals surface area (Å²) < 4.78 is 5.23. The topological polar surface area (TPSA) is 29.5 Å². The van der Waals surface area contributed by atoms with Crippen molar-refractivity contribution in [1.82, 2.24) is 4.90 Å². The number of nitrogens with zero attached hydrogens (tertiary/aromatic N) is 1. The van der Waals surface area contributed by atoms with Gasteiger partial charge in [0.25, 0.3) is 0 Å². The molecular formula is C25H41NO2. The first kappa shape index (κ1) is 22.9. The van der Waals surface area contributed by atoms with Crippen LogP contribution in [0.3, 0.4) is 0 Å². The molecule has 0 spiro atoms. The van der Waals surface area contributed by atoms with Crippen LogP contribution in [0.25, 0.3) is 0 Å². The van der Waals surface area contributed by atoms with Gasteiger partial charge < -0.3 is 4.74 Å². The standard InChI is InChI=1S/C25H41NO2/c1-3-4-5-6-7-8-9-10-11-13-23-15-17-24(18-16-23)20-26-19-12-14-25(26)21-28-22(2)27/h15-18,25H,3-14,19-21H2,1-2H3/t25-/m1/s1. The van der Waals surface area contributed by atoms with Crippen molar-refractivity contribution < 1.29 is 9.53 Å². The quantitative estimate of drug-likeness (QED) is 0.278. The van der Waals surface area contributed by atoms with Crippen LogP contribution >= 0.6 is 0 Å². The third-order valence-electron chi connectivity index (χ3n) is 5.96. The van der Waals surface area contributed by atoms with E-state index in [0.717, 1.165) is 19.5 Å². The van der Waals surface area contributed by atoms with Crippen molar-refractivity contribution in [3.05, 3.63) is 35.4 Å². The Bertz CT molecular complexity index is 540. The van der Waals surface area contributed by atoms with E-state index in [9.17, 15) is 4.79 Å². The van der Waals surface area contributed by atoms with Crippen molar-refractivity contribution in [2.75, 3.05) is 13.2 Å². The summed E-state index contributed by atoms with van der Waals surface area (Å²) in [7, 11) is 0. The first-order valence-corrected chi connectivity index (χ1v) is 11.6. The minimum atomic E-state index is -0.173. The normalized spacial score (nSPS) is 17.1. The lowest BCUT2D eigenvalue weighted by Crippen LogP contribution is -2.33. The molecule has 0 aromatic heterocycles. The Balaban J connectivity index is 1.60. The van der Waals surface area contributed by atoms with Crippen LogP contribution in [-0.4, -0.2) is 30.1 Å². The zero-order valence-corrected chi connectivity index (χ0v) is 18.3. The molecule has 0 unspecified atom stereocenters. The van der Waals surface area contributed by atoms with Crippen molar-refractivity contribution in [2.24, 2.45) is 0 Å². The van der Waals surface area contributed by atoms with Gasteiger partial charge in [0.15, 0.2) is 0 Å². The van der Waals surface area contributed by atoms with E-state index < -0.39 is 0 Å². The van der Waals surface area contributed by atoms with E-state index in [-0.39, 0.29) is 5.97 Å². The van der Waals surface area contributed by atoms with E-state index in [2.05, 4.69) is 36.1 Å². The highest BCUT2D eigenvalue weighted by Crippen LogP contribution is 2.21. The summed E-state index contributed by atoms with van der Waals surface area (Å²) in [5.74, 6) is -0.173. The van der Waals surface area contributed by atoms with Crippen molar-refractivity contribution >= 4 is 5.97 Å². The van der Waals surface area contributed by atoms with Gasteiger partial charge in [-0.25, -0.2) is 0 Å². The number of aryl methyl sites for hydroxylation is 1. The van der Waals surface area contributed by atoms with Crippen molar-refractivity contribution in [2.45, 2.75) is 103 Å². The molecule has 0 saturated carbocycles. The second kappa shape index (κ2) is 13.8. The van der Waals surface area contributed by atoms with E-state index in [4.69, 9.17) is 4.74 Å². The largest absolute Gasteiger partial charge is 0.464 e. The number of rotatable bonds is 14. The lowest BCUT2D eigenvalue weighted by molar-refractivity contribution is -0.142. The summed E-state index contributed by atoms with van der Waals surface area (Å²) in [5, 5.41) is 0. The molecular weight excluding hydrogens is 346 g/mol. The van der Waals surface area contributed by atoms with Gasteiger partial charge in [-0.05, 0) is 43.4 Å². The summed E-state index contributed by atoms with van der Waals surface area (Å²) in [6, 6.07) is 9.55. The van der Waals surface area contributed by atoms with Gasteiger partial charge in [0.05, 0.1) is 0 Å². The molecule has 1 aromatic rings. The van der Waals surface area contributed by atoms with Gasteiger partial charge in [-0.2, -0.15) is 0 Å². The molecule has 28 heavy (non-hydrogen) atoms. The molecule has 3 heteroatoms. The number of carbonyl (C=O) groups is 1. The fourth-order valence-electron chi connectivity index (χ4n) is 4.19. The molecule has 0 radical (unpaired) electrons. The molecule has 1 aliphatic heterocycles. The van der Waals surface area contributed by atoms with E-state index in [1.807, 2.05) is 0 Å². The maximum Gasteiger partial charge on any atom is 0.302 e. The summed E-state index contributed by atoms with van der Waals surface area (Å²) in [6.45, 7) is 6.37. The highest BCUT2D eigenvalue weighted by atomic mass is 16.5. The molecule has 0 N–H and O–H groups in total. The summed E-state index contributed by atoms with van der Waals surface area (Å²) in [5.41, 5.74) is 2.83. The summed E-state index contributed by atoms with van der Waals surface area (Å²) in [6.07, 6.45) is 16.0. The van der Waals surface area contributed by atoms with Crippen LogP contribution in [0.15, 0.2) is 24.3 Å². The Labute approximate surface area is 172 Å². The van der Waals surface area contributed by atoms with Gasteiger partial charge in [-0.3, -0.25) is 9.69 Å². The maximum atomic E-state index is 11.1. The first-order valence-electron chi connectivity index (χ1n) is 11.6. The van der Waals surface area contributed by atoms with Crippen molar-refractivity contribution in [1.29, 1.82) is 0 Å². The van der Waals surface area contributed by atoms with Gasteiger partial charge >= 0.3 is 5.97 Å². The fourth-order valence-corrected chi connectivity index (χ4v) is 4.19. The Morgan fingerprint density at radius 3 is 2.21 bits per heavy atom. The van der Waals surface area contributed by atoms with E-state index in [1.165, 1.54) is 88.7 Å².